The van der Waals surface area contributed by atoms with Gasteiger partial charge in [0.15, 0.2) is 0 Å². The number of ether oxygens (including phenoxy) is 2. The first-order valence-electron chi connectivity index (χ1n) is 11.2. The van der Waals surface area contributed by atoms with Gasteiger partial charge in [0.05, 0.1) is 19.9 Å². The fourth-order valence-corrected chi connectivity index (χ4v) is 3.60. The first kappa shape index (κ1) is 23.3. The molecule has 3 rings (SSSR count). The minimum Gasteiger partial charge on any atom is -0.497 e. The lowest BCUT2D eigenvalue weighted by molar-refractivity contribution is -0.121. The van der Waals surface area contributed by atoms with Crippen molar-refractivity contribution in [3.05, 3.63) is 71.3 Å². The number of hydrogen-bond donors (Lipinski definition) is 1. The molecule has 0 spiro atoms. The molecule has 0 atom stereocenters. The summed E-state index contributed by atoms with van der Waals surface area (Å²) in [5, 5.41) is 6.28. The van der Waals surface area contributed by atoms with Crippen LogP contribution in [-0.4, -0.2) is 25.8 Å². The number of nitrogens with zero attached hydrogens (tertiary/aromatic N) is 1. The second-order valence-corrected chi connectivity index (χ2v) is 7.84. The molecule has 0 radical (unpaired) electrons. The predicted molar refractivity (Wildman–Crippen MR) is 131 cm³/mol. The van der Waals surface area contributed by atoms with Gasteiger partial charge in [0, 0.05) is 17.4 Å². The summed E-state index contributed by atoms with van der Waals surface area (Å²) in [4.78, 5) is 12.2. The molecule has 0 unspecified atom stereocenters. The molecule has 1 N–H and O–H groups in total. The molecular formula is C27H32N2O3. The third-order valence-electron chi connectivity index (χ3n) is 5.47. The number of hydrogen-bond acceptors (Lipinski definition) is 4. The second-order valence-electron chi connectivity index (χ2n) is 7.84. The van der Waals surface area contributed by atoms with Crippen LogP contribution in [0.25, 0.3) is 10.8 Å². The zero-order valence-corrected chi connectivity index (χ0v) is 19.2. The number of carbonyl (C=O) groups is 1. The molecule has 0 aromatic heterocycles. The normalized spacial score (nSPS) is 11.1. The average Bonchev–Trinajstić information content (AvgIpc) is 2.81. The van der Waals surface area contributed by atoms with Crippen LogP contribution in [0.3, 0.4) is 0 Å². The van der Waals surface area contributed by atoms with Gasteiger partial charge in [0.2, 0.25) is 5.91 Å². The van der Waals surface area contributed by atoms with E-state index in [4.69, 9.17) is 9.47 Å². The van der Waals surface area contributed by atoms with Gasteiger partial charge in [-0.15, -0.1) is 0 Å². The highest BCUT2D eigenvalue weighted by molar-refractivity contribution is 6.02. The Bertz CT molecular complexity index is 1080. The smallest absolute Gasteiger partial charge is 0.240 e. The van der Waals surface area contributed by atoms with Gasteiger partial charge < -0.3 is 9.47 Å². The number of benzene rings is 3. The van der Waals surface area contributed by atoms with Crippen LogP contribution < -0.4 is 14.9 Å². The van der Waals surface area contributed by atoms with Crippen LogP contribution in [0.5, 0.6) is 11.5 Å². The van der Waals surface area contributed by atoms with Gasteiger partial charge in [0.1, 0.15) is 11.5 Å². The number of methoxy groups -OCH3 is 1. The van der Waals surface area contributed by atoms with Crippen LogP contribution in [0, 0.1) is 6.92 Å². The Morgan fingerprint density at radius 2 is 1.88 bits per heavy atom. The maximum absolute atomic E-state index is 12.2. The molecule has 0 saturated carbocycles. The van der Waals surface area contributed by atoms with Crippen molar-refractivity contribution in [2.45, 2.75) is 46.0 Å². The molecule has 168 valence electrons. The van der Waals surface area contributed by atoms with Crippen molar-refractivity contribution in [2.24, 2.45) is 5.10 Å². The minimum atomic E-state index is -0.0868. The highest BCUT2D eigenvalue weighted by Crippen LogP contribution is 2.28. The highest BCUT2D eigenvalue weighted by Gasteiger charge is 2.07. The number of amides is 1. The molecule has 0 aliphatic rings. The van der Waals surface area contributed by atoms with Gasteiger partial charge in [-0.05, 0) is 67.0 Å². The van der Waals surface area contributed by atoms with E-state index >= 15 is 0 Å². The molecule has 1 amide bonds. The Morgan fingerprint density at radius 1 is 1.06 bits per heavy atom. The van der Waals surface area contributed by atoms with Gasteiger partial charge >= 0.3 is 0 Å². The van der Waals surface area contributed by atoms with Crippen molar-refractivity contribution in [2.75, 3.05) is 13.7 Å². The van der Waals surface area contributed by atoms with Gasteiger partial charge in [-0.3, -0.25) is 4.79 Å². The maximum Gasteiger partial charge on any atom is 0.240 e. The van der Waals surface area contributed by atoms with Crippen molar-refractivity contribution in [1.29, 1.82) is 0 Å². The standard InChI is InChI=1S/C27H32N2O3/c1-4-5-17-32-26-16-14-22(24-10-6-7-11-25(24)26)19-28-29-27(30)12-8-9-21-13-15-23(31-3)18-20(21)2/h6-7,10-11,13-16,18-19H,4-5,8-9,12,17H2,1-3H3,(H,29,30)/b28-19-. The van der Waals surface area contributed by atoms with Crippen molar-refractivity contribution < 1.29 is 14.3 Å². The van der Waals surface area contributed by atoms with Crippen LogP contribution in [0.1, 0.15) is 49.3 Å². The molecule has 0 aliphatic heterocycles. The summed E-state index contributed by atoms with van der Waals surface area (Å²) in [7, 11) is 1.66. The zero-order chi connectivity index (χ0) is 22.8. The predicted octanol–water partition coefficient (Wildman–Crippen LogP) is 5.81. The summed E-state index contributed by atoms with van der Waals surface area (Å²) >= 11 is 0. The fraction of sp³-hybridized carbons (Fsp3) is 0.333. The van der Waals surface area contributed by atoms with E-state index in [1.807, 2.05) is 48.5 Å². The van der Waals surface area contributed by atoms with Crippen LogP contribution in [0.15, 0.2) is 59.7 Å². The topological polar surface area (TPSA) is 59.9 Å². The molecule has 0 aliphatic carbocycles. The Labute approximate surface area is 190 Å². The Hall–Kier alpha value is -3.34. The molecule has 32 heavy (non-hydrogen) atoms. The van der Waals surface area contributed by atoms with E-state index in [1.54, 1.807) is 13.3 Å². The zero-order valence-electron chi connectivity index (χ0n) is 19.2. The van der Waals surface area contributed by atoms with E-state index < -0.39 is 0 Å². The van der Waals surface area contributed by atoms with Gasteiger partial charge in [-0.2, -0.15) is 5.10 Å². The summed E-state index contributed by atoms with van der Waals surface area (Å²) in [6.07, 6.45) is 5.86. The van der Waals surface area contributed by atoms with E-state index in [1.165, 1.54) is 11.1 Å². The summed E-state index contributed by atoms with van der Waals surface area (Å²) < 4.78 is 11.2. The van der Waals surface area contributed by atoms with E-state index in [0.29, 0.717) is 13.0 Å². The number of aryl methyl sites for hydroxylation is 2. The van der Waals surface area contributed by atoms with E-state index in [0.717, 1.165) is 53.5 Å². The van der Waals surface area contributed by atoms with E-state index in [9.17, 15) is 4.79 Å². The quantitative estimate of drug-likeness (QED) is 0.236. The number of carbonyl (C=O) groups excluding carboxylic acids is 1. The van der Waals surface area contributed by atoms with Crippen LogP contribution >= 0.6 is 0 Å². The van der Waals surface area contributed by atoms with Crippen LogP contribution in [-0.2, 0) is 11.2 Å². The molecule has 0 fully saturated rings. The van der Waals surface area contributed by atoms with E-state index in [-0.39, 0.29) is 5.91 Å². The molecule has 5 heteroatoms. The first-order valence-corrected chi connectivity index (χ1v) is 11.2. The molecule has 5 nitrogen and oxygen atoms in total. The number of nitrogens with one attached hydrogen (secondary N) is 1. The van der Waals surface area contributed by atoms with Gasteiger partial charge in [-0.1, -0.05) is 43.7 Å². The Balaban J connectivity index is 1.55. The SMILES string of the molecule is CCCCOc1ccc(/C=N\NC(=O)CCCc2ccc(OC)cc2C)c2ccccc12. The van der Waals surface area contributed by atoms with Crippen molar-refractivity contribution >= 4 is 22.9 Å². The Morgan fingerprint density at radius 3 is 2.62 bits per heavy atom. The molecule has 3 aromatic rings. The minimum absolute atomic E-state index is 0.0868. The van der Waals surface area contributed by atoms with E-state index in [2.05, 4.69) is 30.4 Å². The summed E-state index contributed by atoms with van der Waals surface area (Å²) in [6.45, 7) is 4.92. The summed E-state index contributed by atoms with van der Waals surface area (Å²) in [5.41, 5.74) is 6.00. The lowest BCUT2D eigenvalue weighted by Crippen LogP contribution is -2.17. The van der Waals surface area contributed by atoms with Crippen LogP contribution in [0.2, 0.25) is 0 Å². The summed E-state index contributed by atoms with van der Waals surface area (Å²) in [5.74, 6) is 1.65. The summed E-state index contributed by atoms with van der Waals surface area (Å²) in [6, 6.07) is 18.1. The number of fused-ring (bicyclic) bond motifs is 1. The lowest BCUT2D eigenvalue weighted by Gasteiger charge is -2.10. The average molecular weight is 433 g/mol. The maximum atomic E-state index is 12.2. The highest BCUT2D eigenvalue weighted by atomic mass is 16.5. The molecular weight excluding hydrogens is 400 g/mol. The van der Waals surface area contributed by atoms with Crippen molar-refractivity contribution in [3.8, 4) is 11.5 Å². The third kappa shape index (κ3) is 6.33. The van der Waals surface area contributed by atoms with Crippen molar-refractivity contribution in [1.82, 2.24) is 5.43 Å². The van der Waals surface area contributed by atoms with Gasteiger partial charge in [-0.25, -0.2) is 5.43 Å². The number of hydrazone groups is 1. The fourth-order valence-electron chi connectivity index (χ4n) is 3.60. The third-order valence-corrected chi connectivity index (χ3v) is 5.47. The molecule has 0 heterocycles. The monoisotopic (exact) mass is 432 g/mol. The van der Waals surface area contributed by atoms with Crippen molar-refractivity contribution in [3.63, 3.8) is 0 Å². The lowest BCUT2D eigenvalue weighted by atomic mass is 10.0. The first-order chi connectivity index (χ1) is 15.6. The second kappa shape index (κ2) is 11.9. The number of rotatable bonds is 11. The molecule has 0 bridgehead atoms. The Kier molecular flexibility index (Phi) is 8.67. The molecule has 3 aromatic carbocycles. The number of unbranched alkanes of at least 4 members (excludes halogenated alkanes) is 1. The van der Waals surface area contributed by atoms with Gasteiger partial charge in [0.25, 0.3) is 0 Å². The molecule has 0 saturated heterocycles. The largest absolute Gasteiger partial charge is 0.497 e. The van der Waals surface area contributed by atoms with Crippen LogP contribution in [0.4, 0.5) is 0 Å².